The van der Waals surface area contributed by atoms with Gasteiger partial charge in [-0.15, -0.1) is 11.3 Å². The zero-order valence-corrected chi connectivity index (χ0v) is 15.0. The molecule has 5 nitrogen and oxygen atoms in total. The van der Waals surface area contributed by atoms with E-state index in [9.17, 15) is 9.18 Å². The summed E-state index contributed by atoms with van der Waals surface area (Å²) in [6, 6.07) is 17.8. The highest BCUT2D eigenvalue weighted by molar-refractivity contribution is 7.15. The normalized spacial score (nSPS) is 10.7. The molecule has 1 N–H and O–H groups in total. The van der Waals surface area contributed by atoms with Crippen molar-refractivity contribution in [2.75, 3.05) is 5.32 Å². The van der Waals surface area contributed by atoms with Crippen molar-refractivity contribution in [3.05, 3.63) is 95.0 Å². The minimum absolute atomic E-state index is 0.247. The molecule has 0 spiro atoms. The van der Waals surface area contributed by atoms with Gasteiger partial charge in [0, 0.05) is 23.7 Å². The van der Waals surface area contributed by atoms with E-state index in [2.05, 4.69) is 15.4 Å². The minimum Gasteiger partial charge on any atom is -0.296 e. The summed E-state index contributed by atoms with van der Waals surface area (Å²) in [5, 5.41) is 7.50. The van der Waals surface area contributed by atoms with Crippen LogP contribution in [0.4, 0.5) is 9.52 Å². The van der Waals surface area contributed by atoms with Gasteiger partial charge in [0.25, 0.3) is 5.91 Å². The number of rotatable bonds is 5. The second-order valence-corrected chi connectivity index (χ2v) is 6.95. The molecule has 0 fully saturated rings. The summed E-state index contributed by atoms with van der Waals surface area (Å²) in [6.45, 7) is 0. The van der Waals surface area contributed by atoms with Gasteiger partial charge in [0.15, 0.2) is 10.8 Å². The largest absolute Gasteiger partial charge is 0.296 e. The molecule has 0 aliphatic rings. The van der Waals surface area contributed by atoms with Crippen molar-refractivity contribution < 1.29 is 9.18 Å². The Kier molecular flexibility index (Phi) is 4.76. The number of hydrogen-bond donors (Lipinski definition) is 1. The van der Waals surface area contributed by atoms with Crippen LogP contribution in [-0.2, 0) is 6.42 Å². The van der Waals surface area contributed by atoms with Gasteiger partial charge in [-0.2, -0.15) is 5.10 Å². The third kappa shape index (κ3) is 3.93. The summed E-state index contributed by atoms with van der Waals surface area (Å²) in [5.41, 5.74) is 1.77. The number of hydrogen-bond acceptors (Lipinski definition) is 4. The van der Waals surface area contributed by atoms with Crippen molar-refractivity contribution in [1.82, 2.24) is 14.8 Å². The molecule has 0 aliphatic carbocycles. The molecule has 0 saturated carbocycles. The summed E-state index contributed by atoms with van der Waals surface area (Å²) in [6.07, 6.45) is 3.81. The number of anilines is 1. The van der Waals surface area contributed by atoms with Gasteiger partial charge < -0.3 is 0 Å². The molecule has 1 amide bonds. The van der Waals surface area contributed by atoms with E-state index in [1.165, 1.54) is 17.4 Å². The first-order valence-electron chi connectivity index (χ1n) is 8.29. The van der Waals surface area contributed by atoms with Crippen LogP contribution in [0, 0.1) is 5.82 Å². The Morgan fingerprint density at radius 1 is 1.07 bits per heavy atom. The molecule has 2 heterocycles. The molecular weight excluding hydrogens is 363 g/mol. The van der Waals surface area contributed by atoms with Gasteiger partial charge in [-0.05, 0) is 29.8 Å². The maximum absolute atomic E-state index is 13.8. The smallest absolute Gasteiger partial charge is 0.277 e. The monoisotopic (exact) mass is 378 g/mol. The average molecular weight is 378 g/mol. The van der Waals surface area contributed by atoms with Crippen LogP contribution >= 0.6 is 11.3 Å². The van der Waals surface area contributed by atoms with Crippen LogP contribution in [0.1, 0.15) is 20.9 Å². The number of para-hydroxylation sites is 1. The Balaban J connectivity index is 1.44. The summed E-state index contributed by atoms with van der Waals surface area (Å²) in [5.74, 6) is -0.584. The number of carbonyl (C=O) groups excluding carboxylic acids is 1. The van der Waals surface area contributed by atoms with E-state index in [0.717, 1.165) is 10.6 Å². The van der Waals surface area contributed by atoms with E-state index in [4.69, 9.17) is 0 Å². The van der Waals surface area contributed by atoms with Gasteiger partial charge in [-0.3, -0.25) is 10.1 Å². The number of halogens is 1. The van der Waals surface area contributed by atoms with Crippen molar-refractivity contribution in [1.29, 1.82) is 0 Å². The topological polar surface area (TPSA) is 59.8 Å². The second kappa shape index (κ2) is 7.51. The van der Waals surface area contributed by atoms with Gasteiger partial charge in [-0.1, -0.05) is 36.4 Å². The van der Waals surface area contributed by atoms with Crippen LogP contribution < -0.4 is 5.32 Å². The van der Waals surface area contributed by atoms with Crippen molar-refractivity contribution in [3.8, 4) is 5.69 Å². The van der Waals surface area contributed by atoms with E-state index in [-0.39, 0.29) is 11.7 Å². The summed E-state index contributed by atoms with van der Waals surface area (Å²) >= 11 is 1.32. The fourth-order valence-corrected chi connectivity index (χ4v) is 3.44. The lowest BCUT2D eigenvalue weighted by Gasteiger charge is -2.01. The molecule has 0 atom stereocenters. The first-order chi connectivity index (χ1) is 13.2. The van der Waals surface area contributed by atoms with Gasteiger partial charge in [-0.25, -0.2) is 14.1 Å². The maximum atomic E-state index is 13.8. The Hall–Kier alpha value is -3.32. The summed E-state index contributed by atoms with van der Waals surface area (Å²) in [7, 11) is 0. The van der Waals surface area contributed by atoms with Crippen molar-refractivity contribution >= 4 is 22.4 Å². The van der Waals surface area contributed by atoms with Crippen LogP contribution in [0.2, 0.25) is 0 Å². The first kappa shape index (κ1) is 17.1. The molecule has 0 saturated heterocycles. The van der Waals surface area contributed by atoms with Crippen LogP contribution in [0.3, 0.4) is 0 Å². The third-order valence-electron chi connectivity index (χ3n) is 3.94. The van der Waals surface area contributed by atoms with Crippen LogP contribution in [0.25, 0.3) is 5.69 Å². The molecule has 0 bridgehead atoms. The van der Waals surface area contributed by atoms with E-state index >= 15 is 0 Å². The van der Waals surface area contributed by atoms with Crippen molar-refractivity contribution in [3.63, 3.8) is 0 Å². The fraction of sp³-hybridized carbons (Fsp3) is 0.0500. The molecule has 4 rings (SSSR count). The molecule has 7 heteroatoms. The highest BCUT2D eigenvalue weighted by Gasteiger charge is 2.13. The highest BCUT2D eigenvalue weighted by Crippen LogP contribution is 2.22. The van der Waals surface area contributed by atoms with E-state index in [1.807, 2.05) is 30.3 Å². The zero-order valence-electron chi connectivity index (χ0n) is 14.2. The lowest BCUT2D eigenvalue weighted by Crippen LogP contribution is -2.12. The van der Waals surface area contributed by atoms with Crippen LogP contribution in [0.15, 0.2) is 73.1 Å². The van der Waals surface area contributed by atoms with E-state index in [0.29, 0.717) is 22.8 Å². The molecule has 0 unspecified atom stereocenters. The number of thiazole rings is 1. The van der Waals surface area contributed by atoms with Crippen LogP contribution in [-0.4, -0.2) is 20.7 Å². The minimum atomic E-state index is -0.337. The average Bonchev–Trinajstić information content (AvgIpc) is 3.34. The number of amides is 1. The first-order valence-corrected chi connectivity index (χ1v) is 9.11. The molecule has 4 aromatic rings. The molecule has 2 aromatic carbocycles. The van der Waals surface area contributed by atoms with Crippen molar-refractivity contribution in [2.45, 2.75) is 6.42 Å². The van der Waals surface area contributed by atoms with Gasteiger partial charge >= 0.3 is 0 Å². The summed E-state index contributed by atoms with van der Waals surface area (Å²) < 4.78 is 15.4. The second-order valence-electron chi connectivity index (χ2n) is 5.84. The number of nitrogens with zero attached hydrogens (tertiary/aromatic N) is 3. The standard InChI is InChI=1S/C20H15FN4OS/c21-17-9-5-4-6-14(17)12-16-13-22-20(27-16)23-19(26)18-10-11-25(24-18)15-7-2-1-3-8-15/h1-11,13H,12H2,(H,22,23,26). The lowest BCUT2D eigenvalue weighted by atomic mass is 10.1. The molecule has 2 aromatic heterocycles. The van der Waals surface area contributed by atoms with Gasteiger partial charge in [0.05, 0.1) is 5.69 Å². The quantitative estimate of drug-likeness (QED) is 0.563. The van der Waals surface area contributed by atoms with E-state index < -0.39 is 0 Å². The highest BCUT2D eigenvalue weighted by atomic mass is 32.1. The molecular formula is C20H15FN4OS. The Labute approximate surface area is 159 Å². The predicted octanol–water partition coefficient (Wildman–Crippen LogP) is 4.31. The third-order valence-corrected chi connectivity index (χ3v) is 4.85. The SMILES string of the molecule is O=C(Nc1ncc(Cc2ccccc2F)s1)c1ccn(-c2ccccc2)n1. The predicted molar refractivity (Wildman–Crippen MR) is 103 cm³/mol. The van der Waals surface area contributed by atoms with Crippen molar-refractivity contribution in [2.24, 2.45) is 0 Å². The Bertz CT molecular complexity index is 1070. The van der Waals surface area contributed by atoms with Gasteiger partial charge in [0.1, 0.15) is 5.82 Å². The fourth-order valence-electron chi connectivity index (χ4n) is 2.61. The zero-order chi connectivity index (χ0) is 18.6. The van der Waals surface area contributed by atoms with Gasteiger partial charge in [0.2, 0.25) is 0 Å². The maximum Gasteiger partial charge on any atom is 0.277 e. The Morgan fingerprint density at radius 3 is 2.67 bits per heavy atom. The van der Waals surface area contributed by atoms with Crippen LogP contribution in [0.5, 0.6) is 0 Å². The number of aromatic nitrogens is 3. The molecule has 0 radical (unpaired) electrons. The Morgan fingerprint density at radius 2 is 1.85 bits per heavy atom. The molecule has 0 aliphatic heterocycles. The molecule has 134 valence electrons. The number of nitrogens with one attached hydrogen (secondary N) is 1. The lowest BCUT2D eigenvalue weighted by molar-refractivity contribution is 0.102. The molecule has 27 heavy (non-hydrogen) atoms. The number of carbonyl (C=O) groups is 1. The summed E-state index contributed by atoms with van der Waals surface area (Å²) in [4.78, 5) is 17.5. The van der Waals surface area contributed by atoms with E-state index in [1.54, 1.807) is 41.3 Å². The number of benzene rings is 2.